The van der Waals surface area contributed by atoms with Crippen LogP contribution in [0.2, 0.25) is 0 Å². The second-order valence-electron chi connectivity index (χ2n) is 4.83. The van der Waals surface area contributed by atoms with Crippen LogP contribution in [0.15, 0.2) is 0 Å². The lowest BCUT2D eigenvalue weighted by atomic mass is 9.82. The first kappa shape index (κ1) is 16.9. The van der Waals surface area contributed by atoms with Crippen molar-refractivity contribution in [3.8, 4) is 0 Å². The van der Waals surface area contributed by atoms with Gasteiger partial charge in [-0.15, -0.1) is 0 Å². The number of rotatable bonds is 8. The lowest BCUT2D eigenvalue weighted by Gasteiger charge is -2.26. The standard InChI is InChI=1S/C14H26O4/c1-6-14(7-2,12(15)17-8-3)13(16)18-10-9-11(4)5/h11H,6-10H2,1-5H3. The van der Waals surface area contributed by atoms with Crippen LogP contribution in [-0.2, 0) is 19.1 Å². The van der Waals surface area contributed by atoms with Gasteiger partial charge in [0.2, 0.25) is 0 Å². The first-order valence-electron chi connectivity index (χ1n) is 6.79. The van der Waals surface area contributed by atoms with Crippen LogP contribution in [0.4, 0.5) is 0 Å². The summed E-state index contributed by atoms with van der Waals surface area (Å²) in [5.41, 5.74) is -1.13. The van der Waals surface area contributed by atoms with Crippen molar-refractivity contribution < 1.29 is 19.1 Å². The zero-order valence-corrected chi connectivity index (χ0v) is 12.2. The second kappa shape index (κ2) is 8.11. The van der Waals surface area contributed by atoms with Crippen LogP contribution in [0.25, 0.3) is 0 Å². The van der Waals surface area contributed by atoms with Gasteiger partial charge >= 0.3 is 11.9 Å². The summed E-state index contributed by atoms with van der Waals surface area (Å²) >= 11 is 0. The molecule has 0 aliphatic carbocycles. The van der Waals surface area contributed by atoms with E-state index in [1.54, 1.807) is 6.92 Å². The van der Waals surface area contributed by atoms with E-state index in [1.165, 1.54) is 0 Å². The molecule has 0 N–H and O–H groups in total. The highest BCUT2D eigenvalue weighted by Crippen LogP contribution is 2.30. The van der Waals surface area contributed by atoms with E-state index in [9.17, 15) is 9.59 Å². The molecule has 0 aromatic rings. The van der Waals surface area contributed by atoms with Crippen molar-refractivity contribution >= 4 is 11.9 Å². The summed E-state index contributed by atoms with van der Waals surface area (Å²) < 4.78 is 10.2. The molecule has 4 heteroatoms. The first-order valence-corrected chi connectivity index (χ1v) is 6.79. The molecule has 4 nitrogen and oxygen atoms in total. The Bertz CT molecular complexity index is 267. The molecule has 0 amide bonds. The topological polar surface area (TPSA) is 52.6 Å². The van der Waals surface area contributed by atoms with E-state index in [1.807, 2.05) is 13.8 Å². The number of hydrogen-bond donors (Lipinski definition) is 0. The molecule has 0 atom stereocenters. The lowest BCUT2D eigenvalue weighted by molar-refractivity contribution is -0.173. The van der Waals surface area contributed by atoms with Crippen molar-refractivity contribution in [2.45, 2.75) is 53.9 Å². The van der Waals surface area contributed by atoms with Crippen molar-refractivity contribution in [2.75, 3.05) is 13.2 Å². The number of ether oxygens (including phenoxy) is 2. The van der Waals surface area contributed by atoms with Gasteiger partial charge in [-0.1, -0.05) is 27.7 Å². The molecule has 0 fully saturated rings. The van der Waals surface area contributed by atoms with Crippen LogP contribution in [0.5, 0.6) is 0 Å². The van der Waals surface area contributed by atoms with Crippen molar-refractivity contribution in [3.05, 3.63) is 0 Å². The Labute approximate surface area is 110 Å². The third-order valence-electron chi connectivity index (χ3n) is 3.19. The average molecular weight is 258 g/mol. The fourth-order valence-corrected chi connectivity index (χ4v) is 1.71. The second-order valence-corrected chi connectivity index (χ2v) is 4.83. The molecule has 0 heterocycles. The summed E-state index contributed by atoms with van der Waals surface area (Å²) in [5.74, 6) is -0.450. The lowest BCUT2D eigenvalue weighted by Crippen LogP contribution is -2.41. The number of carbonyl (C=O) groups excluding carboxylic acids is 2. The van der Waals surface area contributed by atoms with Crippen molar-refractivity contribution in [1.29, 1.82) is 0 Å². The summed E-state index contributed by atoms with van der Waals surface area (Å²) in [6, 6.07) is 0. The van der Waals surface area contributed by atoms with E-state index in [-0.39, 0.29) is 6.61 Å². The number of carbonyl (C=O) groups is 2. The molecular weight excluding hydrogens is 232 g/mol. The molecule has 0 aliphatic rings. The van der Waals surface area contributed by atoms with Gasteiger partial charge in [0.15, 0.2) is 5.41 Å². The minimum atomic E-state index is -1.13. The molecule has 0 rings (SSSR count). The highest BCUT2D eigenvalue weighted by Gasteiger charge is 2.45. The van der Waals surface area contributed by atoms with Gasteiger partial charge in [0.25, 0.3) is 0 Å². The number of esters is 2. The Morgan fingerprint density at radius 2 is 1.50 bits per heavy atom. The summed E-state index contributed by atoms with van der Waals surface area (Å²) in [7, 11) is 0. The van der Waals surface area contributed by atoms with Gasteiger partial charge < -0.3 is 9.47 Å². The summed E-state index contributed by atoms with van der Waals surface area (Å²) in [6.45, 7) is 10.1. The van der Waals surface area contributed by atoms with Crippen molar-refractivity contribution in [3.63, 3.8) is 0 Å². The van der Waals surface area contributed by atoms with E-state index in [0.717, 1.165) is 6.42 Å². The summed E-state index contributed by atoms with van der Waals surface area (Å²) in [5, 5.41) is 0. The Morgan fingerprint density at radius 3 is 1.89 bits per heavy atom. The zero-order chi connectivity index (χ0) is 14.2. The maximum atomic E-state index is 12.1. The Balaban J connectivity index is 4.66. The average Bonchev–Trinajstić information content (AvgIpc) is 2.31. The van der Waals surface area contributed by atoms with E-state index >= 15 is 0 Å². The highest BCUT2D eigenvalue weighted by molar-refractivity contribution is 5.99. The largest absolute Gasteiger partial charge is 0.465 e. The monoisotopic (exact) mass is 258 g/mol. The smallest absolute Gasteiger partial charge is 0.323 e. The quantitative estimate of drug-likeness (QED) is 0.496. The predicted octanol–water partition coefficient (Wildman–Crippen LogP) is 2.95. The molecule has 0 saturated heterocycles. The molecule has 0 saturated carbocycles. The molecule has 0 aliphatic heterocycles. The third-order valence-corrected chi connectivity index (χ3v) is 3.19. The van der Waals surface area contributed by atoms with Crippen LogP contribution in [0.3, 0.4) is 0 Å². The van der Waals surface area contributed by atoms with Gasteiger partial charge in [-0.05, 0) is 32.1 Å². The molecular formula is C14H26O4. The molecule has 0 unspecified atom stereocenters. The van der Waals surface area contributed by atoms with E-state index in [4.69, 9.17) is 9.47 Å². The van der Waals surface area contributed by atoms with Crippen LogP contribution >= 0.6 is 0 Å². The molecule has 0 bridgehead atoms. The first-order chi connectivity index (χ1) is 8.44. The molecule has 18 heavy (non-hydrogen) atoms. The van der Waals surface area contributed by atoms with Crippen molar-refractivity contribution in [1.82, 2.24) is 0 Å². The van der Waals surface area contributed by atoms with E-state index < -0.39 is 17.4 Å². The summed E-state index contributed by atoms with van der Waals surface area (Å²) in [6.07, 6.45) is 1.61. The molecule has 0 radical (unpaired) electrons. The Kier molecular flexibility index (Phi) is 7.64. The normalized spacial score (nSPS) is 11.4. The third kappa shape index (κ3) is 4.31. The van der Waals surface area contributed by atoms with Crippen LogP contribution in [0.1, 0.15) is 53.9 Å². The van der Waals surface area contributed by atoms with Gasteiger partial charge in [0.1, 0.15) is 0 Å². The molecule has 0 aromatic heterocycles. The number of hydrogen-bond acceptors (Lipinski definition) is 4. The maximum Gasteiger partial charge on any atom is 0.323 e. The van der Waals surface area contributed by atoms with Crippen LogP contribution in [-0.4, -0.2) is 25.2 Å². The fourth-order valence-electron chi connectivity index (χ4n) is 1.71. The zero-order valence-electron chi connectivity index (χ0n) is 12.2. The predicted molar refractivity (Wildman–Crippen MR) is 70.1 cm³/mol. The van der Waals surface area contributed by atoms with Crippen LogP contribution in [0, 0.1) is 11.3 Å². The van der Waals surface area contributed by atoms with Gasteiger partial charge in [-0.25, -0.2) is 0 Å². The SMILES string of the molecule is CCOC(=O)C(CC)(CC)C(=O)OCCC(C)C. The fraction of sp³-hybridized carbons (Fsp3) is 0.857. The van der Waals surface area contributed by atoms with Crippen molar-refractivity contribution in [2.24, 2.45) is 11.3 Å². The van der Waals surface area contributed by atoms with Gasteiger partial charge in [-0.2, -0.15) is 0 Å². The van der Waals surface area contributed by atoms with Gasteiger partial charge in [0.05, 0.1) is 13.2 Å². The minimum Gasteiger partial charge on any atom is -0.465 e. The van der Waals surface area contributed by atoms with E-state index in [0.29, 0.717) is 25.4 Å². The molecule has 0 aromatic carbocycles. The minimum absolute atomic E-state index is 0.278. The maximum absolute atomic E-state index is 12.1. The summed E-state index contributed by atoms with van der Waals surface area (Å²) in [4.78, 5) is 24.0. The highest BCUT2D eigenvalue weighted by atomic mass is 16.6. The molecule has 0 spiro atoms. The molecule has 106 valence electrons. The van der Waals surface area contributed by atoms with Gasteiger partial charge in [0, 0.05) is 0 Å². The Hall–Kier alpha value is -1.06. The van der Waals surface area contributed by atoms with Crippen LogP contribution < -0.4 is 0 Å². The van der Waals surface area contributed by atoms with E-state index in [2.05, 4.69) is 13.8 Å². The Morgan fingerprint density at radius 1 is 1.00 bits per heavy atom. The van der Waals surface area contributed by atoms with Gasteiger partial charge in [-0.3, -0.25) is 9.59 Å².